The summed E-state index contributed by atoms with van der Waals surface area (Å²) in [6.45, 7) is 4.47. The van der Waals surface area contributed by atoms with Crippen LogP contribution in [0, 0.1) is 0 Å². The number of benzene rings is 1. The van der Waals surface area contributed by atoms with Crippen LogP contribution in [0.1, 0.15) is 25.3 Å². The van der Waals surface area contributed by atoms with Crippen molar-refractivity contribution in [2.24, 2.45) is 5.73 Å². The minimum absolute atomic E-state index is 0.185. The molecule has 1 rings (SSSR count). The number of hydrogen-bond donors (Lipinski definition) is 2. The molecule has 0 aliphatic heterocycles. The van der Waals surface area contributed by atoms with Crippen LogP contribution in [0.5, 0.6) is 5.75 Å². The van der Waals surface area contributed by atoms with Gasteiger partial charge in [-0.25, -0.2) is 13.1 Å². The molecule has 0 radical (unpaired) electrons. The lowest BCUT2D eigenvalue weighted by Crippen LogP contribution is -2.29. The smallest absolute Gasteiger partial charge is 0.240 e. The number of methoxy groups -OCH3 is 1. The molecule has 5 nitrogen and oxygen atoms in total. The normalized spacial score (nSPS) is 11.8. The lowest BCUT2D eigenvalue weighted by atomic mass is 10.0. The molecule has 102 valence electrons. The van der Waals surface area contributed by atoms with Crippen LogP contribution in [-0.2, 0) is 10.0 Å². The number of nitrogens with one attached hydrogen (secondary N) is 1. The Morgan fingerprint density at radius 2 is 2.06 bits per heavy atom. The molecule has 1 aromatic carbocycles. The molecule has 0 unspecified atom stereocenters. The number of ether oxygens (including phenoxy) is 1. The number of sulfonamides is 1. The summed E-state index contributed by atoms with van der Waals surface area (Å²) in [5.41, 5.74) is 6.16. The molecule has 0 aliphatic carbocycles. The van der Waals surface area contributed by atoms with Crippen LogP contribution in [0.2, 0.25) is 0 Å². The summed E-state index contributed by atoms with van der Waals surface area (Å²) >= 11 is 0. The van der Waals surface area contributed by atoms with Crippen LogP contribution in [-0.4, -0.2) is 28.6 Å². The summed E-state index contributed by atoms with van der Waals surface area (Å²) in [7, 11) is -1.92. The standard InChI is InChI=1S/C12H20N2O3S/c1-9(2)11-8-10(4-5-12(11)17-3)18(15,16)14-7-6-13/h4-5,8-9,14H,6-7,13H2,1-3H3. The fraction of sp³-hybridized carbons (Fsp3) is 0.500. The van der Waals surface area contributed by atoms with Crippen molar-refractivity contribution in [2.45, 2.75) is 24.7 Å². The van der Waals surface area contributed by atoms with Gasteiger partial charge in [0, 0.05) is 13.1 Å². The van der Waals surface area contributed by atoms with Crippen molar-refractivity contribution in [3.05, 3.63) is 23.8 Å². The highest BCUT2D eigenvalue weighted by Gasteiger charge is 2.16. The minimum atomic E-state index is -3.49. The summed E-state index contributed by atoms with van der Waals surface area (Å²) in [5, 5.41) is 0. The fourth-order valence-electron chi connectivity index (χ4n) is 1.61. The van der Waals surface area contributed by atoms with Crippen molar-refractivity contribution in [1.82, 2.24) is 4.72 Å². The molecule has 0 aromatic heterocycles. The van der Waals surface area contributed by atoms with Gasteiger partial charge in [-0.3, -0.25) is 0 Å². The Balaban J connectivity index is 3.15. The zero-order valence-electron chi connectivity index (χ0n) is 10.9. The number of rotatable bonds is 6. The average Bonchev–Trinajstić information content (AvgIpc) is 2.35. The molecule has 0 atom stereocenters. The maximum atomic E-state index is 12.0. The van der Waals surface area contributed by atoms with Crippen molar-refractivity contribution >= 4 is 10.0 Å². The van der Waals surface area contributed by atoms with Gasteiger partial charge in [0.1, 0.15) is 5.75 Å². The third kappa shape index (κ3) is 3.44. The molecular weight excluding hydrogens is 252 g/mol. The Morgan fingerprint density at radius 3 is 2.56 bits per heavy atom. The van der Waals surface area contributed by atoms with Crippen molar-refractivity contribution in [3.63, 3.8) is 0 Å². The fourth-order valence-corrected chi connectivity index (χ4v) is 2.69. The third-order valence-electron chi connectivity index (χ3n) is 2.57. The molecular formula is C12H20N2O3S. The molecule has 1 aromatic rings. The Hall–Kier alpha value is -1.11. The van der Waals surface area contributed by atoms with E-state index in [-0.39, 0.29) is 23.9 Å². The highest BCUT2D eigenvalue weighted by Crippen LogP contribution is 2.28. The van der Waals surface area contributed by atoms with Gasteiger partial charge in [-0.15, -0.1) is 0 Å². The molecule has 0 aliphatic rings. The van der Waals surface area contributed by atoms with E-state index in [2.05, 4.69) is 4.72 Å². The lowest BCUT2D eigenvalue weighted by Gasteiger charge is -2.14. The Kier molecular flexibility index (Phi) is 5.13. The Bertz CT molecular complexity index is 498. The summed E-state index contributed by atoms with van der Waals surface area (Å²) in [5.74, 6) is 0.882. The molecule has 18 heavy (non-hydrogen) atoms. The molecule has 0 spiro atoms. The summed E-state index contributed by atoms with van der Waals surface area (Å²) in [6, 6.07) is 4.85. The van der Waals surface area contributed by atoms with Crippen LogP contribution in [0.3, 0.4) is 0 Å². The van der Waals surface area contributed by atoms with Crippen LogP contribution >= 0.6 is 0 Å². The molecule has 0 fully saturated rings. The van der Waals surface area contributed by atoms with E-state index in [1.54, 1.807) is 19.2 Å². The molecule has 0 saturated heterocycles. The predicted octanol–water partition coefficient (Wildman–Crippen LogP) is 1.06. The van der Waals surface area contributed by atoms with Gasteiger partial charge in [0.15, 0.2) is 0 Å². The number of hydrogen-bond acceptors (Lipinski definition) is 4. The van der Waals surface area contributed by atoms with Crippen LogP contribution in [0.15, 0.2) is 23.1 Å². The van der Waals surface area contributed by atoms with Crippen molar-refractivity contribution in [1.29, 1.82) is 0 Å². The van der Waals surface area contributed by atoms with Gasteiger partial charge in [-0.05, 0) is 29.7 Å². The minimum Gasteiger partial charge on any atom is -0.496 e. The number of nitrogens with two attached hydrogens (primary N) is 1. The maximum absolute atomic E-state index is 12.0. The second-order valence-electron chi connectivity index (χ2n) is 4.24. The average molecular weight is 272 g/mol. The van der Waals surface area contributed by atoms with E-state index in [9.17, 15) is 8.42 Å². The largest absolute Gasteiger partial charge is 0.496 e. The summed E-state index contributed by atoms with van der Waals surface area (Å²) in [4.78, 5) is 0.237. The van der Waals surface area contributed by atoms with Crippen LogP contribution in [0.25, 0.3) is 0 Å². The van der Waals surface area contributed by atoms with Crippen LogP contribution < -0.4 is 15.2 Å². The molecule has 3 N–H and O–H groups in total. The van der Waals surface area contributed by atoms with Gasteiger partial charge < -0.3 is 10.5 Å². The Labute approximate surface area is 108 Å². The molecule has 0 amide bonds. The zero-order valence-corrected chi connectivity index (χ0v) is 11.8. The Morgan fingerprint density at radius 1 is 1.39 bits per heavy atom. The summed E-state index contributed by atoms with van der Waals surface area (Å²) in [6.07, 6.45) is 0. The van der Waals surface area contributed by atoms with E-state index in [0.29, 0.717) is 5.75 Å². The van der Waals surface area contributed by atoms with E-state index in [0.717, 1.165) is 5.56 Å². The SMILES string of the molecule is COc1ccc(S(=O)(=O)NCCN)cc1C(C)C. The predicted molar refractivity (Wildman–Crippen MR) is 71.3 cm³/mol. The first-order valence-corrected chi connectivity index (χ1v) is 7.28. The third-order valence-corrected chi connectivity index (χ3v) is 4.03. The topological polar surface area (TPSA) is 81.4 Å². The second kappa shape index (κ2) is 6.17. The summed E-state index contributed by atoms with van der Waals surface area (Å²) < 4.78 is 31.6. The van der Waals surface area contributed by atoms with E-state index < -0.39 is 10.0 Å². The van der Waals surface area contributed by atoms with E-state index in [1.807, 2.05) is 13.8 Å². The second-order valence-corrected chi connectivity index (χ2v) is 6.01. The molecule has 0 heterocycles. The van der Waals surface area contributed by atoms with E-state index in [4.69, 9.17) is 10.5 Å². The van der Waals surface area contributed by atoms with Gasteiger partial charge in [-0.1, -0.05) is 13.8 Å². The van der Waals surface area contributed by atoms with E-state index in [1.165, 1.54) is 6.07 Å². The van der Waals surface area contributed by atoms with Gasteiger partial charge in [-0.2, -0.15) is 0 Å². The van der Waals surface area contributed by atoms with E-state index >= 15 is 0 Å². The lowest BCUT2D eigenvalue weighted by molar-refractivity contribution is 0.407. The van der Waals surface area contributed by atoms with Crippen molar-refractivity contribution in [2.75, 3.05) is 20.2 Å². The molecule has 6 heteroatoms. The van der Waals surface area contributed by atoms with Crippen LogP contribution in [0.4, 0.5) is 0 Å². The molecule has 0 saturated carbocycles. The highest BCUT2D eigenvalue weighted by atomic mass is 32.2. The van der Waals surface area contributed by atoms with Gasteiger partial charge in [0.25, 0.3) is 0 Å². The first-order chi connectivity index (χ1) is 8.42. The molecule has 0 bridgehead atoms. The first kappa shape index (κ1) is 14.9. The van der Waals surface area contributed by atoms with Gasteiger partial charge >= 0.3 is 0 Å². The van der Waals surface area contributed by atoms with Gasteiger partial charge in [0.05, 0.1) is 12.0 Å². The first-order valence-electron chi connectivity index (χ1n) is 5.80. The van der Waals surface area contributed by atoms with Crippen molar-refractivity contribution in [3.8, 4) is 5.75 Å². The zero-order chi connectivity index (χ0) is 13.8. The van der Waals surface area contributed by atoms with Crippen molar-refractivity contribution < 1.29 is 13.2 Å². The maximum Gasteiger partial charge on any atom is 0.240 e. The monoisotopic (exact) mass is 272 g/mol. The van der Waals surface area contributed by atoms with Gasteiger partial charge in [0.2, 0.25) is 10.0 Å². The highest BCUT2D eigenvalue weighted by molar-refractivity contribution is 7.89. The quantitative estimate of drug-likeness (QED) is 0.811.